The predicted molar refractivity (Wildman–Crippen MR) is 111 cm³/mol. The number of benzene rings is 1. The van der Waals surface area contributed by atoms with Gasteiger partial charge in [-0.1, -0.05) is 50.7 Å². The second-order valence-corrected chi connectivity index (χ2v) is 9.80. The SMILES string of the molecule is Cc1[nH]c2ccccc2c1C(=O)CSc1nnc2c(n1)C1(C)CCC2C1(C)C. The van der Waals surface area contributed by atoms with Gasteiger partial charge in [0.25, 0.3) is 0 Å². The number of carbonyl (C=O) groups excluding carboxylic acids is 1. The number of Topliss-reactive ketones (excluding diaryl/α,β-unsaturated/α-hetero) is 1. The molecule has 1 N–H and O–H groups in total. The van der Waals surface area contributed by atoms with Crippen LogP contribution in [-0.2, 0) is 5.41 Å². The van der Waals surface area contributed by atoms with Crippen molar-refractivity contribution in [1.82, 2.24) is 20.2 Å². The van der Waals surface area contributed by atoms with Crippen LogP contribution in [-0.4, -0.2) is 31.7 Å². The largest absolute Gasteiger partial charge is 0.358 e. The molecule has 2 unspecified atom stereocenters. The molecule has 0 spiro atoms. The van der Waals surface area contributed by atoms with Gasteiger partial charge in [0.15, 0.2) is 5.78 Å². The van der Waals surface area contributed by atoms with Crippen molar-refractivity contribution >= 4 is 28.4 Å². The maximum atomic E-state index is 12.9. The number of aromatic nitrogens is 4. The number of ketones is 1. The quantitative estimate of drug-likeness (QED) is 0.509. The van der Waals surface area contributed by atoms with Crippen molar-refractivity contribution < 1.29 is 4.79 Å². The fourth-order valence-corrected chi connectivity index (χ4v) is 5.92. The van der Waals surface area contributed by atoms with E-state index in [1.54, 1.807) is 0 Å². The van der Waals surface area contributed by atoms with Gasteiger partial charge in [0.2, 0.25) is 5.16 Å². The lowest BCUT2D eigenvalue weighted by Crippen LogP contribution is -2.32. The monoisotopic (exact) mass is 392 g/mol. The molecule has 3 aromatic rings. The summed E-state index contributed by atoms with van der Waals surface area (Å²) < 4.78 is 0. The minimum absolute atomic E-state index is 0.0513. The van der Waals surface area contributed by atoms with E-state index < -0.39 is 0 Å². The summed E-state index contributed by atoms with van der Waals surface area (Å²) in [5.74, 6) is 0.853. The smallest absolute Gasteiger partial charge is 0.209 e. The fourth-order valence-electron chi connectivity index (χ4n) is 5.26. The number of carbonyl (C=O) groups is 1. The number of nitrogens with zero attached hydrogens (tertiary/aromatic N) is 3. The highest BCUT2D eigenvalue weighted by atomic mass is 32.2. The third kappa shape index (κ3) is 2.27. The Labute approximate surface area is 168 Å². The van der Waals surface area contributed by atoms with Crippen LogP contribution < -0.4 is 0 Å². The molecule has 2 atom stereocenters. The molecule has 2 heterocycles. The van der Waals surface area contributed by atoms with Crippen molar-refractivity contribution in [2.24, 2.45) is 5.41 Å². The van der Waals surface area contributed by atoms with E-state index >= 15 is 0 Å². The molecule has 5 nitrogen and oxygen atoms in total. The zero-order chi connectivity index (χ0) is 19.7. The van der Waals surface area contributed by atoms with Gasteiger partial charge in [0.1, 0.15) is 0 Å². The molecule has 1 aromatic carbocycles. The Bertz CT molecular complexity index is 1120. The van der Waals surface area contributed by atoms with E-state index in [0.29, 0.717) is 16.8 Å². The van der Waals surface area contributed by atoms with E-state index in [-0.39, 0.29) is 16.6 Å². The van der Waals surface area contributed by atoms with Gasteiger partial charge < -0.3 is 4.98 Å². The average Bonchev–Trinajstić information content (AvgIpc) is 3.18. The van der Waals surface area contributed by atoms with Gasteiger partial charge >= 0.3 is 0 Å². The van der Waals surface area contributed by atoms with Crippen molar-refractivity contribution in [1.29, 1.82) is 0 Å². The third-order valence-corrected chi connectivity index (χ3v) is 8.11. The molecule has 2 aliphatic carbocycles. The maximum Gasteiger partial charge on any atom is 0.209 e. The summed E-state index contributed by atoms with van der Waals surface area (Å²) in [6.07, 6.45) is 2.31. The summed E-state index contributed by atoms with van der Waals surface area (Å²) in [4.78, 5) is 21.1. The number of thioether (sulfide) groups is 1. The molecule has 6 heteroatoms. The van der Waals surface area contributed by atoms with E-state index in [0.717, 1.165) is 46.4 Å². The van der Waals surface area contributed by atoms with Gasteiger partial charge in [0.05, 0.1) is 17.1 Å². The lowest BCUT2D eigenvalue weighted by atomic mass is 9.70. The van der Waals surface area contributed by atoms with Gasteiger partial charge in [0, 0.05) is 33.5 Å². The fraction of sp³-hybridized carbons (Fsp3) is 0.455. The molecule has 2 aromatic heterocycles. The molecule has 28 heavy (non-hydrogen) atoms. The van der Waals surface area contributed by atoms with Crippen LogP contribution in [0.25, 0.3) is 10.9 Å². The standard InChI is InChI=1S/C22H24N4OS/c1-12-17(13-7-5-6-8-15(13)23-12)16(27)11-28-20-24-19-18(25-26-20)14-9-10-22(19,4)21(14,2)3/h5-8,14,23H,9-11H2,1-4H3. The predicted octanol–water partition coefficient (Wildman–Crippen LogP) is 4.81. The molecule has 2 aliphatic rings. The molecule has 1 fully saturated rings. The summed E-state index contributed by atoms with van der Waals surface area (Å²) in [5.41, 5.74) is 5.06. The van der Waals surface area contributed by atoms with Crippen molar-refractivity contribution in [2.75, 3.05) is 5.75 Å². The van der Waals surface area contributed by atoms with Gasteiger partial charge in [-0.3, -0.25) is 4.79 Å². The van der Waals surface area contributed by atoms with E-state index in [2.05, 4.69) is 36.0 Å². The number of rotatable bonds is 4. The van der Waals surface area contributed by atoms with Crippen molar-refractivity contribution in [3.05, 3.63) is 46.9 Å². The Balaban J connectivity index is 1.40. The first-order chi connectivity index (χ1) is 13.3. The number of hydrogen-bond donors (Lipinski definition) is 1. The minimum atomic E-state index is 0.0513. The number of nitrogens with one attached hydrogen (secondary N) is 1. The summed E-state index contributed by atoms with van der Waals surface area (Å²) >= 11 is 1.39. The minimum Gasteiger partial charge on any atom is -0.358 e. The second-order valence-electron chi connectivity index (χ2n) is 8.86. The van der Waals surface area contributed by atoms with Gasteiger partial charge in [-0.2, -0.15) is 5.10 Å². The normalized spacial score (nSPS) is 24.6. The van der Waals surface area contributed by atoms with E-state index in [4.69, 9.17) is 4.98 Å². The molecule has 1 saturated carbocycles. The van der Waals surface area contributed by atoms with Crippen LogP contribution in [0.2, 0.25) is 0 Å². The number of para-hydroxylation sites is 1. The first-order valence-corrected chi connectivity index (χ1v) is 10.8. The lowest BCUT2D eigenvalue weighted by molar-refractivity contribution is 0.102. The van der Waals surface area contributed by atoms with Crippen LogP contribution in [0.4, 0.5) is 0 Å². The van der Waals surface area contributed by atoms with Crippen LogP contribution in [0, 0.1) is 12.3 Å². The number of aryl methyl sites for hydroxylation is 1. The third-order valence-electron chi connectivity index (χ3n) is 7.28. The molecular formula is C22H24N4OS. The molecule has 0 radical (unpaired) electrons. The van der Waals surface area contributed by atoms with Crippen molar-refractivity contribution in [3.63, 3.8) is 0 Å². The Morgan fingerprint density at radius 1 is 1.25 bits per heavy atom. The van der Waals surface area contributed by atoms with E-state index in [1.807, 2.05) is 31.2 Å². The summed E-state index contributed by atoms with van der Waals surface area (Å²) in [6, 6.07) is 7.92. The van der Waals surface area contributed by atoms with E-state index in [1.165, 1.54) is 11.8 Å². The van der Waals surface area contributed by atoms with Crippen molar-refractivity contribution in [3.8, 4) is 0 Å². The first kappa shape index (κ1) is 17.9. The molecular weight excluding hydrogens is 368 g/mol. The number of aromatic amines is 1. The van der Waals surface area contributed by atoms with Crippen molar-refractivity contribution in [2.45, 2.75) is 57.0 Å². The molecule has 0 amide bonds. The molecule has 5 rings (SSSR count). The zero-order valence-corrected chi connectivity index (χ0v) is 17.5. The zero-order valence-electron chi connectivity index (χ0n) is 16.7. The topological polar surface area (TPSA) is 71.5 Å². The number of fused-ring (bicyclic) bond motifs is 6. The van der Waals surface area contributed by atoms with Crippen LogP contribution in [0.1, 0.15) is 67.0 Å². The Hall–Kier alpha value is -2.21. The summed E-state index contributed by atoms with van der Waals surface area (Å²) in [6.45, 7) is 8.90. The highest BCUT2D eigenvalue weighted by Crippen LogP contribution is 2.66. The molecule has 0 aliphatic heterocycles. The van der Waals surface area contributed by atoms with Gasteiger partial charge in [-0.05, 0) is 31.2 Å². The molecule has 0 saturated heterocycles. The highest BCUT2D eigenvalue weighted by molar-refractivity contribution is 7.99. The lowest BCUT2D eigenvalue weighted by Gasteiger charge is -2.33. The first-order valence-electron chi connectivity index (χ1n) is 9.81. The second kappa shape index (κ2) is 5.89. The highest BCUT2D eigenvalue weighted by Gasteiger charge is 2.61. The van der Waals surface area contributed by atoms with Crippen LogP contribution in [0.15, 0.2) is 29.4 Å². The van der Waals surface area contributed by atoms with Crippen LogP contribution in [0.5, 0.6) is 0 Å². The Kier molecular flexibility index (Phi) is 3.76. The van der Waals surface area contributed by atoms with Gasteiger partial charge in [-0.15, -0.1) is 5.10 Å². The molecule has 144 valence electrons. The van der Waals surface area contributed by atoms with Crippen LogP contribution >= 0.6 is 11.8 Å². The number of hydrogen-bond acceptors (Lipinski definition) is 5. The molecule has 2 bridgehead atoms. The maximum absolute atomic E-state index is 12.9. The number of H-pyrrole nitrogens is 1. The average molecular weight is 393 g/mol. The van der Waals surface area contributed by atoms with Gasteiger partial charge in [-0.25, -0.2) is 4.98 Å². The summed E-state index contributed by atoms with van der Waals surface area (Å²) in [7, 11) is 0. The summed E-state index contributed by atoms with van der Waals surface area (Å²) in [5, 5.41) is 10.5. The Morgan fingerprint density at radius 2 is 2.04 bits per heavy atom. The van der Waals surface area contributed by atoms with Crippen LogP contribution in [0.3, 0.4) is 0 Å². The Morgan fingerprint density at radius 3 is 2.86 bits per heavy atom. The van der Waals surface area contributed by atoms with E-state index in [9.17, 15) is 4.79 Å².